The summed E-state index contributed by atoms with van der Waals surface area (Å²) in [4.78, 5) is 11.4. The summed E-state index contributed by atoms with van der Waals surface area (Å²) >= 11 is 3.26. The normalized spacial score (nSPS) is 12.9. The second-order valence-electron chi connectivity index (χ2n) is 3.71. The first-order valence-corrected chi connectivity index (χ1v) is 5.94. The van der Waals surface area contributed by atoms with Crippen molar-refractivity contribution in [3.05, 3.63) is 28.7 Å². The maximum Gasteiger partial charge on any atom is 0.405 e. The fourth-order valence-corrected chi connectivity index (χ4v) is 1.63. The van der Waals surface area contributed by atoms with E-state index in [4.69, 9.17) is 0 Å². The quantitative estimate of drug-likeness (QED) is 0.894. The zero-order chi connectivity index (χ0) is 13.8. The Morgan fingerprint density at radius 2 is 2.11 bits per heavy atom. The Morgan fingerprint density at radius 1 is 1.44 bits per heavy atom. The molecule has 1 rings (SSSR count). The first-order chi connectivity index (χ1) is 8.28. The van der Waals surface area contributed by atoms with Crippen LogP contribution in [-0.4, -0.2) is 24.7 Å². The van der Waals surface area contributed by atoms with Gasteiger partial charge in [0, 0.05) is 10.2 Å². The summed E-state index contributed by atoms with van der Waals surface area (Å²) in [5.74, 6) is -0.702. The molecule has 0 aliphatic carbocycles. The van der Waals surface area contributed by atoms with Crippen LogP contribution in [0, 0.1) is 0 Å². The number of amides is 1. The Bertz CT molecular complexity index is 423. The van der Waals surface area contributed by atoms with E-state index >= 15 is 0 Å². The summed E-state index contributed by atoms with van der Waals surface area (Å²) in [5, 5.41) is 4.63. The van der Waals surface area contributed by atoms with Gasteiger partial charge in [-0.15, -0.1) is 0 Å². The molecule has 1 aromatic carbocycles. The van der Waals surface area contributed by atoms with E-state index in [-0.39, 0.29) is 0 Å². The van der Waals surface area contributed by atoms with Crippen LogP contribution in [0.5, 0.6) is 0 Å². The highest BCUT2D eigenvalue weighted by Crippen LogP contribution is 2.16. The van der Waals surface area contributed by atoms with Crippen molar-refractivity contribution in [2.24, 2.45) is 0 Å². The third-order valence-electron chi connectivity index (χ3n) is 2.06. The lowest BCUT2D eigenvalue weighted by Gasteiger charge is -2.16. The predicted octanol–water partition coefficient (Wildman–Crippen LogP) is 2.93. The van der Waals surface area contributed by atoms with Gasteiger partial charge in [-0.1, -0.05) is 22.0 Å². The lowest BCUT2D eigenvalue weighted by Crippen LogP contribution is -2.42. The maximum absolute atomic E-state index is 11.9. The highest BCUT2D eigenvalue weighted by Gasteiger charge is 2.28. The molecule has 1 aromatic rings. The van der Waals surface area contributed by atoms with Crippen LogP contribution < -0.4 is 10.6 Å². The monoisotopic (exact) mass is 324 g/mol. The van der Waals surface area contributed by atoms with Crippen LogP contribution in [0.1, 0.15) is 6.92 Å². The highest BCUT2D eigenvalue weighted by molar-refractivity contribution is 9.10. The molecule has 2 N–H and O–H groups in total. The van der Waals surface area contributed by atoms with Crippen molar-refractivity contribution in [1.29, 1.82) is 0 Å². The SMILES string of the molecule is CC(Nc1cccc(Br)c1)C(=O)NCC(F)(F)F. The Morgan fingerprint density at radius 3 is 2.67 bits per heavy atom. The fraction of sp³-hybridized carbons (Fsp3) is 0.364. The lowest BCUT2D eigenvalue weighted by molar-refractivity contribution is -0.138. The smallest absolute Gasteiger partial charge is 0.374 e. The molecule has 0 fully saturated rings. The van der Waals surface area contributed by atoms with Gasteiger partial charge in [0.15, 0.2) is 0 Å². The number of hydrogen-bond acceptors (Lipinski definition) is 2. The molecule has 1 amide bonds. The van der Waals surface area contributed by atoms with Crippen molar-refractivity contribution in [3.63, 3.8) is 0 Å². The molecule has 0 spiro atoms. The van der Waals surface area contributed by atoms with Crippen LogP contribution in [0.4, 0.5) is 18.9 Å². The predicted molar refractivity (Wildman–Crippen MR) is 66.3 cm³/mol. The third kappa shape index (κ3) is 5.39. The molecule has 0 saturated heterocycles. The maximum atomic E-state index is 11.9. The zero-order valence-electron chi connectivity index (χ0n) is 9.51. The summed E-state index contributed by atoms with van der Waals surface area (Å²) in [6.07, 6.45) is -4.40. The molecule has 3 nitrogen and oxygen atoms in total. The Hall–Kier alpha value is -1.24. The van der Waals surface area contributed by atoms with Crippen molar-refractivity contribution >= 4 is 27.5 Å². The summed E-state index contributed by atoms with van der Waals surface area (Å²) < 4.78 is 36.6. The van der Waals surface area contributed by atoms with Crippen LogP contribution >= 0.6 is 15.9 Å². The largest absolute Gasteiger partial charge is 0.405 e. The molecule has 0 radical (unpaired) electrons. The Kier molecular flexibility index (Phi) is 5.01. The number of nitrogens with one attached hydrogen (secondary N) is 2. The number of hydrogen-bond donors (Lipinski definition) is 2. The van der Waals surface area contributed by atoms with Crippen molar-refractivity contribution in [2.45, 2.75) is 19.1 Å². The molecule has 100 valence electrons. The van der Waals surface area contributed by atoms with Gasteiger partial charge in [-0.25, -0.2) is 0 Å². The molecular weight excluding hydrogens is 313 g/mol. The minimum atomic E-state index is -4.40. The molecule has 7 heteroatoms. The van der Waals surface area contributed by atoms with Gasteiger partial charge in [0.05, 0.1) is 0 Å². The van der Waals surface area contributed by atoms with Crippen molar-refractivity contribution in [2.75, 3.05) is 11.9 Å². The summed E-state index contributed by atoms with van der Waals surface area (Å²) in [5.41, 5.74) is 0.652. The van der Waals surface area contributed by atoms with Gasteiger partial charge in [-0.3, -0.25) is 4.79 Å². The van der Waals surface area contributed by atoms with E-state index in [2.05, 4.69) is 21.2 Å². The highest BCUT2D eigenvalue weighted by atomic mass is 79.9. The number of rotatable bonds is 4. The molecule has 0 aromatic heterocycles. The number of anilines is 1. The van der Waals surface area contributed by atoms with Gasteiger partial charge < -0.3 is 10.6 Å². The number of carbonyl (C=O) groups excluding carboxylic acids is 1. The average molecular weight is 325 g/mol. The first-order valence-electron chi connectivity index (χ1n) is 5.14. The molecule has 0 aliphatic heterocycles. The standard InChI is InChI=1S/C11H12BrF3N2O/c1-7(10(18)16-6-11(13,14)15)17-9-4-2-3-8(12)5-9/h2-5,7,17H,6H2,1H3,(H,16,18). The fourth-order valence-electron chi connectivity index (χ4n) is 1.23. The van der Waals surface area contributed by atoms with Gasteiger partial charge in [-0.2, -0.15) is 13.2 Å². The molecule has 1 unspecified atom stereocenters. The molecule has 0 saturated carbocycles. The van der Waals surface area contributed by atoms with E-state index in [1.54, 1.807) is 24.3 Å². The van der Waals surface area contributed by atoms with Gasteiger partial charge in [-0.05, 0) is 25.1 Å². The summed E-state index contributed by atoms with van der Waals surface area (Å²) in [6.45, 7) is 0.170. The van der Waals surface area contributed by atoms with Gasteiger partial charge in [0.2, 0.25) is 5.91 Å². The number of alkyl halides is 3. The Balaban J connectivity index is 2.50. The second-order valence-corrected chi connectivity index (χ2v) is 4.63. The topological polar surface area (TPSA) is 41.1 Å². The number of benzene rings is 1. The van der Waals surface area contributed by atoms with Crippen molar-refractivity contribution in [1.82, 2.24) is 5.32 Å². The molecular formula is C11H12BrF3N2O. The van der Waals surface area contributed by atoms with E-state index < -0.39 is 24.7 Å². The minimum absolute atomic E-state index is 0.652. The van der Waals surface area contributed by atoms with E-state index in [0.29, 0.717) is 5.69 Å². The van der Waals surface area contributed by atoms with Gasteiger partial charge >= 0.3 is 6.18 Å². The van der Waals surface area contributed by atoms with Crippen LogP contribution in [0.2, 0.25) is 0 Å². The van der Waals surface area contributed by atoms with Crippen molar-refractivity contribution in [3.8, 4) is 0 Å². The summed E-state index contributed by atoms with van der Waals surface area (Å²) in [7, 11) is 0. The second kappa shape index (κ2) is 6.08. The average Bonchev–Trinajstić information content (AvgIpc) is 2.24. The number of halogens is 4. The molecule has 0 aliphatic rings. The van der Waals surface area contributed by atoms with Crippen LogP contribution in [0.15, 0.2) is 28.7 Å². The first kappa shape index (κ1) is 14.8. The molecule has 0 heterocycles. The van der Waals surface area contributed by atoms with Crippen molar-refractivity contribution < 1.29 is 18.0 Å². The molecule has 0 bridgehead atoms. The van der Waals surface area contributed by atoms with E-state index in [1.807, 2.05) is 5.32 Å². The lowest BCUT2D eigenvalue weighted by atomic mass is 10.2. The van der Waals surface area contributed by atoms with E-state index in [9.17, 15) is 18.0 Å². The molecule has 1 atom stereocenters. The van der Waals surface area contributed by atoms with Gasteiger partial charge in [0.25, 0.3) is 0 Å². The Labute approximate surface area is 111 Å². The van der Waals surface area contributed by atoms with Gasteiger partial charge in [0.1, 0.15) is 12.6 Å². The summed E-state index contributed by atoms with van der Waals surface area (Å²) in [6, 6.07) is 6.26. The van der Waals surface area contributed by atoms with E-state index in [1.165, 1.54) is 6.92 Å². The van der Waals surface area contributed by atoms with Crippen LogP contribution in [0.25, 0.3) is 0 Å². The minimum Gasteiger partial charge on any atom is -0.374 e. The number of carbonyl (C=O) groups is 1. The van der Waals surface area contributed by atoms with Crippen LogP contribution in [-0.2, 0) is 4.79 Å². The third-order valence-corrected chi connectivity index (χ3v) is 2.56. The van der Waals surface area contributed by atoms with Crippen LogP contribution in [0.3, 0.4) is 0 Å². The van der Waals surface area contributed by atoms with E-state index in [0.717, 1.165) is 4.47 Å². The zero-order valence-corrected chi connectivity index (χ0v) is 11.1. The molecule has 18 heavy (non-hydrogen) atoms.